The number of nitrogens with zero attached hydrogens (tertiary/aromatic N) is 4. The lowest BCUT2D eigenvalue weighted by Gasteiger charge is -2.21. The normalized spacial score (nSPS) is 12.7. The van der Waals surface area contributed by atoms with Crippen molar-refractivity contribution in [3.63, 3.8) is 0 Å². The summed E-state index contributed by atoms with van der Waals surface area (Å²) >= 11 is 0. The van der Waals surface area contributed by atoms with E-state index in [0.717, 1.165) is 12.3 Å². The fourth-order valence-corrected chi connectivity index (χ4v) is 3.25. The maximum absolute atomic E-state index is 13.5. The highest BCUT2D eigenvalue weighted by molar-refractivity contribution is 5.95. The van der Waals surface area contributed by atoms with E-state index in [1.165, 1.54) is 44.4 Å². The number of nitrogens with one attached hydrogen (secondary N) is 1. The molecule has 0 radical (unpaired) electrons. The summed E-state index contributed by atoms with van der Waals surface area (Å²) in [6, 6.07) is 6.53. The maximum Gasteiger partial charge on any atom is 0.416 e. The third-order valence-electron chi connectivity index (χ3n) is 5.21. The zero-order chi connectivity index (χ0) is 26.7. The second-order valence-electron chi connectivity index (χ2n) is 8.28. The molecular weight excluding hydrogens is 485 g/mol. The first kappa shape index (κ1) is 26.5. The standard InChI is InChI=1S/C24H20F5N5O2/c1-13(19-20(32-7-6-31-19)18-5-4-17(11-33-18)36-22(25)26)34-21(35)14-8-15(23(2,3)12-30)10-16(9-14)24(27,28)29/h4-11,13,22H,1-3H3,(H,34,35). The number of pyridine rings is 1. The van der Waals surface area contributed by atoms with E-state index in [0.29, 0.717) is 6.07 Å². The molecule has 0 bridgehead atoms. The molecule has 2 aromatic heterocycles. The molecule has 0 saturated heterocycles. The molecule has 3 aromatic rings. The molecule has 1 amide bonds. The lowest BCUT2D eigenvalue weighted by molar-refractivity contribution is -0.137. The predicted octanol–water partition coefficient (Wildman–Crippen LogP) is 5.45. The summed E-state index contributed by atoms with van der Waals surface area (Å²) in [6.07, 6.45) is -0.939. The molecule has 0 spiro atoms. The molecule has 0 aliphatic heterocycles. The second kappa shape index (κ2) is 10.2. The molecule has 12 heteroatoms. The Bertz CT molecular complexity index is 1290. The fourth-order valence-electron chi connectivity index (χ4n) is 3.25. The van der Waals surface area contributed by atoms with Crippen molar-refractivity contribution in [2.24, 2.45) is 0 Å². The fraction of sp³-hybridized carbons (Fsp3) is 0.292. The molecule has 2 heterocycles. The molecule has 0 fully saturated rings. The summed E-state index contributed by atoms with van der Waals surface area (Å²) in [5.74, 6) is -0.991. The first-order chi connectivity index (χ1) is 16.8. The topological polar surface area (TPSA) is 101 Å². The number of halogens is 5. The van der Waals surface area contributed by atoms with E-state index in [1.54, 1.807) is 6.92 Å². The molecule has 1 unspecified atom stereocenters. The van der Waals surface area contributed by atoms with Gasteiger partial charge in [-0.05, 0) is 56.7 Å². The minimum atomic E-state index is -4.73. The van der Waals surface area contributed by atoms with Crippen molar-refractivity contribution in [1.82, 2.24) is 20.3 Å². The lowest BCUT2D eigenvalue weighted by Crippen LogP contribution is -2.29. The number of hydrogen-bond acceptors (Lipinski definition) is 6. The van der Waals surface area contributed by atoms with Gasteiger partial charge in [0.25, 0.3) is 5.91 Å². The summed E-state index contributed by atoms with van der Waals surface area (Å²) < 4.78 is 69.5. The molecule has 0 saturated carbocycles. The largest absolute Gasteiger partial charge is 0.433 e. The first-order valence-electron chi connectivity index (χ1n) is 10.5. The van der Waals surface area contributed by atoms with Crippen LogP contribution in [0.4, 0.5) is 22.0 Å². The van der Waals surface area contributed by atoms with Gasteiger partial charge < -0.3 is 10.1 Å². The van der Waals surface area contributed by atoms with Crippen LogP contribution in [0.1, 0.15) is 54.0 Å². The molecule has 0 aliphatic rings. The highest BCUT2D eigenvalue weighted by atomic mass is 19.4. The summed E-state index contributed by atoms with van der Waals surface area (Å²) in [4.78, 5) is 25.4. The summed E-state index contributed by atoms with van der Waals surface area (Å²) in [7, 11) is 0. The predicted molar refractivity (Wildman–Crippen MR) is 118 cm³/mol. The Morgan fingerprint density at radius 2 is 1.72 bits per heavy atom. The Labute approximate surface area is 203 Å². The van der Waals surface area contributed by atoms with Crippen molar-refractivity contribution in [2.75, 3.05) is 0 Å². The highest BCUT2D eigenvalue weighted by Gasteiger charge is 2.34. The van der Waals surface area contributed by atoms with Crippen LogP contribution in [-0.2, 0) is 11.6 Å². The van der Waals surface area contributed by atoms with Crippen LogP contribution < -0.4 is 10.1 Å². The first-order valence-corrected chi connectivity index (χ1v) is 10.5. The monoisotopic (exact) mass is 505 g/mol. The SMILES string of the molecule is CC(NC(=O)c1cc(C(F)(F)F)cc(C(C)(C)C#N)c1)c1nccnc1-c1ccc(OC(F)F)cn1. The number of hydrogen-bond donors (Lipinski definition) is 1. The molecule has 36 heavy (non-hydrogen) atoms. The number of carbonyl (C=O) groups is 1. The molecule has 1 atom stereocenters. The van der Waals surface area contributed by atoms with Gasteiger partial charge in [0.2, 0.25) is 0 Å². The van der Waals surface area contributed by atoms with Gasteiger partial charge in [-0.2, -0.15) is 27.2 Å². The Kier molecular flexibility index (Phi) is 7.52. The van der Waals surface area contributed by atoms with Crippen LogP contribution in [0, 0.1) is 11.3 Å². The van der Waals surface area contributed by atoms with Gasteiger partial charge in [-0.1, -0.05) is 0 Å². The molecule has 188 valence electrons. The molecule has 1 aromatic carbocycles. The van der Waals surface area contributed by atoms with Gasteiger partial charge in [-0.15, -0.1) is 0 Å². The zero-order valence-electron chi connectivity index (χ0n) is 19.3. The molecule has 7 nitrogen and oxygen atoms in total. The van der Waals surface area contributed by atoms with Gasteiger partial charge >= 0.3 is 12.8 Å². The highest BCUT2D eigenvalue weighted by Crippen LogP contribution is 2.34. The number of carbonyl (C=O) groups excluding carboxylic acids is 1. The van der Waals surface area contributed by atoms with Crippen molar-refractivity contribution in [2.45, 2.75) is 45.0 Å². The average Bonchev–Trinajstić information content (AvgIpc) is 2.83. The van der Waals surface area contributed by atoms with Crippen molar-refractivity contribution < 1.29 is 31.5 Å². The van der Waals surface area contributed by atoms with Crippen LogP contribution >= 0.6 is 0 Å². The van der Waals surface area contributed by atoms with E-state index in [4.69, 9.17) is 0 Å². The zero-order valence-corrected chi connectivity index (χ0v) is 19.3. The third kappa shape index (κ3) is 6.10. The van der Waals surface area contributed by atoms with E-state index < -0.39 is 35.7 Å². The van der Waals surface area contributed by atoms with Crippen molar-refractivity contribution in [3.8, 4) is 23.2 Å². The Hall–Kier alpha value is -4.14. The van der Waals surface area contributed by atoms with Gasteiger partial charge in [-0.25, -0.2) is 0 Å². The van der Waals surface area contributed by atoms with E-state index in [9.17, 15) is 32.0 Å². The minimum Gasteiger partial charge on any atom is -0.433 e. The van der Waals surface area contributed by atoms with E-state index in [2.05, 4.69) is 25.0 Å². The second-order valence-corrected chi connectivity index (χ2v) is 8.28. The molecule has 3 rings (SSSR count). The number of aromatic nitrogens is 3. The smallest absolute Gasteiger partial charge is 0.416 e. The minimum absolute atomic E-state index is 0.0353. The lowest BCUT2D eigenvalue weighted by atomic mass is 9.84. The number of amides is 1. The quantitative estimate of drug-likeness (QED) is 0.429. The van der Waals surface area contributed by atoms with Crippen molar-refractivity contribution in [3.05, 3.63) is 71.3 Å². The van der Waals surface area contributed by atoms with Crippen LogP contribution in [0.15, 0.2) is 48.9 Å². The van der Waals surface area contributed by atoms with Crippen LogP contribution in [0.3, 0.4) is 0 Å². The van der Waals surface area contributed by atoms with Gasteiger partial charge in [0.15, 0.2) is 0 Å². The number of benzene rings is 1. The van der Waals surface area contributed by atoms with Gasteiger partial charge in [0.1, 0.15) is 11.4 Å². The van der Waals surface area contributed by atoms with Crippen LogP contribution in [-0.4, -0.2) is 27.5 Å². The van der Waals surface area contributed by atoms with Crippen LogP contribution in [0.2, 0.25) is 0 Å². The number of rotatable bonds is 7. The third-order valence-corrected chi connectivity index (χ3v) is 5.21. The molecule has 0 aliphatic carbocycles. The number of alkyl halides is 5. The van der Waals surface area contributed by atoms with E-state index in [-0.39, 0.29) is 34.0 Å². The van der Waals surface area contributed by atoms with Crippen LogP contribution in [0.5, 0.6) is 5.75 Å². The average molecular weight is 505 g/mol. The van der Waals surface area contributed by atoms with Crippen molar-refractivity contribution in [1.29, 1.82) is 5.26 Å². The Morgan fingerprint density at radius 1 is 1.06 bits per heavy atom. The van der Waals surface area contributed by atoms with Crippen LogP contribution in [0.25, 0.3) is 11.4 Å². The van der Waals surface area contributed by atoms with Gasteiger partial charge in [-0.3, -0.25) is 19.7 Å². The number of nitriles is 1. The molecule has 1 N–H and O–H groups in total. The summed E-state index contributed by atoms with van der Waals surface area (Å²) in [6.45, 7) is 1.43. The maximum atomic E-state index is 13.5. The van der Waals surface area contributed by atoms with E-state index in [1.807, 2.05) is 6.07 Å². The number of ether oxygens (including phenoxy) is 1. The van der Waals surface area contributed by atoms with E-state index >= 15 is 0 Å². The Balaban J connectivity index is 1.92. The van der Waals surface area contributed by atoms with Crippen molar-refractivity contribution >= 4 is 5.91 Å². The van der Waals surface area contributed by atoms with Gasteiger partial charge in [0.05, 0.1) is 40.7 Å². The summed E-state index contributed by atoms with van der Waals surface area (Å²) in [5, 5.41) is 12.0. The van der Waals surface area contributed by atoms with Gasteiger partial charge in [0, 0.05) is 18.0 Å². The Morgan fingerprint density at radius 3 is 2.31 bits per heavy atom. The molecular formula is C24H20F5N5O2. The summed E-state index contributed by atoms with van der Waals surface area (Å²) in [5.41, 5.74) is -1.87.